The number of rotatable bonds is 5. The Labute approximate surface area is 129 Å². The fraction of sp³-hybridized carbons (Fsp3) is 0.471. The number of amides is 1. The molecule has 1 aliphatic rings. The van der Waals surface area contributed by atoms with Gasteiger partial charge in [0.25, 0.3) is 5.91 Å². The lowest BCUT2D eigenvalue weighted by Crippen LogP contribution is -2.33. The van der Waals surface area contributed by atoms with Crippen LogP contribution in [0.15, 0.2) is 22.6 Å². The van der Waals surface area contributed by atoms with Gasteiger partial charge in [0, 0.05) is 31.0 Å². The van der Waals surface area contributed by atoms with Crippen molar-refractivity contribution in [2.24, 2.45) is 0 Å². The van der Waals surface area contributed by atoms with E-state index in [9.17, 15) is 4.79 Å². The van der Waals surface area contributed by atoms with Crippen LogP contribution >= 0.6 is 0 Å². The van der Waals surface area contributed by atoms with Gasteiger partial charge in [-0.05, 0) is 37.5 Å². The van der Waals surface area contributed by atoms with Crippen LogP contribution in [0.25, 0.3) is 11.0 Å². The Balaban J connectivity index is 1.73. The SMILES string of the molecule is CN(CCO)C(=O)COc1ccc2oc3c(c2c1)CCCC3. The van der Waals surface area contributed by atoms with Gasteiger partial charge in [-0.1, -0.05) is 0 Å². The molecule has 118 valence electrons. The quantitative estimate of drug-likeness (QED) is 0.919. The minimum absolute atomic E-state index is 0.0257. The van der Waals surface area contributed by atoms with E-state index in [1.165, 1.54) is 23.3 Å². The van der Waals surface area contributed by atoms with E-state index < -0.39 is 0 Å². The normalized spacial score (nSPS) is 13.9. The van der Waals surface area contributed by atoms with Crippen LogP contribution in [-0.2, 0) is 17.6 Å². The van der Waals surface area contributed by atoms with Crippen LogP contribution in [0.3, 0.4) is 0 Å². The highest BCUT2D eigenvalue weighted by Gasteiger charge is 2.18. The molecule has 0 fully saturated rings. The average molecular weight is 303 g/mol. The van der Waals surface area contributed by atoms with Crippen molar-refractivity contribution in [1.29, 1.82) is 0 Å². The predicted molar refractivity (Wildman–Crippen MR) is 83.1 cm³/mol. The second-order valence-electron chi connectivity index (χ2n) is 5.70. The molecule has 0 unspecified atom stereocenters. The van der Waals surface area contributed by atoms with Crippen LogP contribution in [0.1, 0.15) is 24.2 Å². The van der Waals surface area contributed by atoms with E-state index >= 15 is 0 Å². The van der Waals surface area contributed by atoms with Gasteiger partial charge in [0.1, 0.15) is 17.1 Å². The number of carbonyl (C=O) groups excluding carboxylic acids is 1. The molecule has 2 aromatic rings. The Hall–Kier alpha value is -2.01. The number of aryl methyl sites for hydroxylation is 2. The second-order valence-corrected chi connectivity index (χ2v) is 5.70. The van der Waals surface area contributed by atoms with Crippen LogP contribution in [0.5, 0.6) is 5.75 Å². The summed E-state index contributed by atoms with van der Waals surface area (Å²) in [6.45, 7) is 0.244. The molecule has 1 aromatic carbocycles. The summed E-state index contributed by atoms with van der Waals surface area (Å²) in [6.07, 6.45) is 4.42. The lowest BCUT2D eigenvalue weighted by atomic mass is 9.96. The summed E-state index contributed by atoms with van der Waals surface area (Å²) >= 11 is 0. The monoisotopic (exact) mass is 303 g/mol. The molecule has 0 bridgehead atoms. The zero-order chi connectivity index (χ0) is 15.5. The number of benzene rings is 1. The summed E-state index contributed by atoms with van der Waals surface area (Å²) in [6, 6.07) is 5.70. The Morgan fingerprint density at radius 2 is 2.18 bits per heavy atom. The van der Waals surface area contributed by atoms with E-state index in [4.69, 9.17) is 14.3 Å². The molecular weight excluding hydrogens is 282 g/mol. The minimum atomic E-state index is -0.150. The molecule has 1 N–H and O–H groups in total. The first-order chi connectivity index (χ1) is 10.7. The van der Waals surface area contributed by atoms with Crippen LogP contribution in [0.4, 0.5) is 0 Å². The third-order valence-corrected chi connectivity index (χ3v) is 4.15. The second kappa shape index (κ2) is 6.40. The number of aliphatic hydroxyl groups excluding tert-OH is 1. The molecule has 1 amide bonds. The number of furan rings is 1. The highest BCUT2D eigenvalue weighted by atomic mass is 16.5. The molecule has 5 nitrogen and oxygen atoms in total. The highest BCUT2D eigenvalue weighted by molar-refractivity contribution is 5.84. The van der Waals surface area contributed by atoms with Crippen LogP contribution in [0.2, 0.25) is 0 Å². The fourth-order valence-electron chi connectivity index (χ4n) is 2.86. The standard InChI is InChI=1S/C17H21NO4/c1-18(8-9-19)17(20)11-21-12-6-7-16-14(10-12)13-4-2-3-5-15(13)22-16/h6-7,10,19H,2-5,8-9,11H2,1H3. The topological polar surface area (TPSA) is 62.9 Å². The van der Waals surface area contributed by atoms with Gasteiger partial charge in [-0.3, -0.25) is 4.79 Å². The predicted octanol–water partition coefficient (Wildman–Crippen LogP) is 2.14. The molecule has 5 heteroatoms. The number of likely N-dealkylation sites (N-methyl/N-ethyl adjacent to an activating group) is 1. The highest BCUT2D eigenvalue weighted by Crippen LogP contribution is 2.33. The number of nitrogens with zero attached hydrogens (tertiary/aromatic N) is 1. The van der Waals surface area contributed by atoms with E-state index in [-0.39, 0.29) is 19.1 Å². The first kappa shape index (κ1) is 14.9. The van der Waals surface area contributed by atoms with E-state index in [0.29, 0.717) is 12.3 Å². The third-order valence-electron chi connectivity index (χ3n) is 4.15. The van der Waals surface area contributed by atoms with E-state index in [1.54, 1.807) is 7.05 Å². The van der Waals surface area contributed by atoms with Crippen LogP contribution in [-0.4, -0.2) is 42.7 Å². The Morgan fingerprint density at radius 3 is 3.00 bits per heavy atom. The van der Waals surface area contributed by atoms with Crippen LogP contribution in [0, 0.1) is 0 Å². The summed E-state index contributed by atoms with van der Waals surface area (Å²) in [5, 5.41) is 9.93. The van der Waals surface area contributed by atoms with Crippen molar-refractivity contribution in [3.8, 4) is 5.75 Å². The van der Waals surface area contributed by atoms with E-state index in [1.807, 2.05) is 18.2 Å². The molecule has 3 rings (SSSR count). The van der Waals surface area contributed by atoms with Crippen LogP contribution < -0.4 is 4.74 Å². The van der Waals surface area contributed by atoms with Gasteiger partial charge in [-0.25, -0.2) is 0 Å². The number of hydrogen-bond donors (Lipinski definition) is 1. The molecule has 0 saturated carbocycles. The van der Waals surface area contributed by atoms with Crippen molar-refractivity contribution >= 4 is 16.9 Å². The molecule has 0 radical (unpaired) electrons. The number of ether oxygens (including phenoxy) is 1. The van der Waals surface area contributed by atoms with Crippen molar-refractivity contribution in [2.75, 3.05) is 26.8 Å². The zero-order valence-corrected chi connectivity index (χ0v) is 12.8. The number of aliphatic hydroxyl groups is 1. The van der Waals surface area contributed by atoms with Gasteiger partial charge in [0.2, 0.25) is 0 Å². The number of hydrogen-bond acceptors (Lipinski definition) is 4. The van der Waals surface area contributed by atoms with Crippen molar-refractivity contribution in [1.82, 2.24) is 4.90 Å². The Bertz CT molecular complexity index is 677. The Kier molecular flexibility index (Phi) is 4.34. The van der Waals surface area contributed by atoms with Crippen molar-refractivity contribution < 1.29 is 19.1 Å². The third kappa shape index (κ3) is 2.95. The smallest absolute Gasteiger partial charge is 0.260 e. The summed E-state index contributed by atoms with van der Waals surface area (Å²) in [5.74, 6) is 1.62. The van der Waals surface area contributed by atoms with Gasteiger partial charge < -0.3 is 19.2 Å². The largest absolute Gasteiger partial charge is 0.484 e. The van der Waals surface area contributed by atoms with E-state index in [0.717, 1.165) is 29.6 Å². The zero-order valence-electron chi connectivity index (χ0n) is 12.8. The molecule has 0 atom stereocenters. The minimum Gasteiger partial charge on any atom is -0.484 e. The first-order valence-electron chi connectivity index (χ1n) is 7.71. The molecule has 1 heterocycles. The van der Waals surface area contributed by atoms with Crippen molar-refractivity contribution in [3.05, 3.63) is 29.5 Å². The Morgan fingerprint density at radius 1 is 1.36 bits per heavy atom. The fourth-order valence-corrected chi connectivity index (χ4v) is 2.86. The molecule has 1 aliphatic carbocycles. The van der Waals surface area contributed by atoms with Gasteiger partial charge in [-0.15, -0.1) is 0 Å². The van der Waals surface area contributed by atoms with Gasteiger partial charge in [0.15, 0.2) is 6.61 Å². The molecule has 22 heavy (non-hydrogen) atoms. The number of carbonyl (C=O) groups is 1. The molecular formula is C17H21NO4. The molecule has 0 aliphatic heterocycles. The summed E-state index contributed by atoms with van der Waals surface area (Å²) in [5.41, 5.74) is 2.18. The maximum absolute atomic E-state index is 11.8. The maximum Gasteiger partial charge on any atom is 0.260 e. The molecule has 0 spiro atoms. The first-order valence-corrected chi connectivity index (χ1v) is 7.71. The van der Waals surface area contributed by atoms with Gasteiger partial charge >= 0.3 is 0 Å². The molecule has 0 saturated heterocycles. The summed E-state index contributed by atoms with van der Waals surface area (Å²) in [4.78, 5) is 13.3. The van der Waals surface area contributed by atoms with E-state index in [2.05, 4.69) is 0 Å². The van der Waals surface area contributed by atoms with Crippen molar-refractivity contribution in [3.63, 3.8) is 0 Å². The molecule has 1 aromatic heterocycles. The lowest BCUT2D eigenvalue weighted by Gasteiger charge is -2.16. The van der Waals surface area contributed by atoms with Crippen molar-refractivity contribution in [2.45, 2.75) is 25.7 Å². The summed E-state index contributed by atoms with van der Waals surface area (Å²) in [7, 11) is 1.65. The van der Waals surface area contributed by atoms with Gasteiger partial charge in [-0.2, -0.15) is 0 Å². The number of fused-ring (bicyclic) bond motifs is 3. The average Bonchev–Trinajstić information content (AvgIpc) is 2.90. The summed E-state index contributed by atoms with van der Waals surface area (Å²) < 4.78 is 11.5. The van der Waals surface area contributed by atoms with Gasteiger partial charge in [0.05, 0.1) is 6.61 Å². The lowest BCUT2D eigenvalue weighted by molar-refractivity contribution is -0.132. The maximum atomic E-state index is 11.8.